The summed E-state index contributed by atoms with van der Waals surface area (Å²) in [5, 5.41) is 3.32. The van der Waals surface area contributed by atoms with Gasteiger partial charge in [-0.3, -0.25) is 4.79 Å². The summed E-state index contributed by atoms with van der Waals surface area (Å²) in [4.78, 5) is 27.4. The van der Waals surface area contributed by atoms with Gasteiger partial charge in [-0.15, -0.1) is 0 Å². The number of nitrogens with one attached hydrogen (secondary N) is 1. The third kappa shape index (κ3) is 4.70. The van der Waals surface area contributed by atoms with Gasteiger partial charge in [0.05, 0.1) is 0 Å². The minimum absolute atomic E-state index is 0.0985. The van der Waals surface area contributed by atoms with Gasteiger partial charge in [-0.05, 0) is 30.9 Å². The first-order chi connectivity index (χ1) is 10.1. The Morgan fingerprint density at radius 1 is 1.43 bits per heavy atom. The van der Waals surface area contributed by atoms with Gasteiger partial charge in [0.15, 0.2) is 6.61 Å². The van der Waals surface area contributed by atoms with Gasteiger partial charge < -0.3 is 10.1 Å². The standard InChI is InChI=1S/C15H19ClN2O3/c1-10-4-2-3-5-12(10)18-14(19)9-21-15(20)13-8-11(16)6-7-17-13/h6-8,10,12H,2-5,9H2,1H3,(H,18,19)/t10-,12-/m0/s1. The van der Waals surface area contributed by atoms with Gasteiger partial charge in [0.1, 0.15) is 5.69 Å². The summed E-state index contributed by atoms with van der Waals surface area (Å²) in [7, 11) is 0. The number of nitrogens with zero attached hydrogens (tertiary/aromatic N) is 1. The lowest BCUT2D eigenvalue weighted by Crippen LogP contribution is -2.42. The van der Waals surface area contributed by atoms with Crippen molar-refractivity contribution < 1.29 is 14.3 Å². The number of esters is 1. The van der Waals surface area contributed by atoms with Crippen molar-refractivity contribution in [1.29, 1.82) is 0 Å². The predicted molar refractivity (Wildman–Crippen MR) is 79.1 cm³/mol. The number of ether oxygens (including phenoxy) is 1. The largest absolute Gasteiger partial charge is 0.451 e. The van der Waals surface area contributed by atoms with Gasteiger partial charge in [-0.1, -0.05) is 31.4 Å². The third-order valence-electron chi connectivity index (χ3n) is 3.72. The van der Waals surface area contributed by atoms with E-state index in [1.807, 2.05) is 0 Å². The van der Waals surface area contributed by atoms with Crippen LogP contribution in [0.3, 0.4) is 0 Å². The molecule has 1 saturated carbocycles. The number of hydrogen-bond donors (Lipinski definition) is 1. The van der Waals surface area contributed by atoms with Gasteiger partial charge in [0, 0.05) is 17.3 Å². The minimum Gasteiger partial charge on any atom is -0.451 e. The van der Waals surface area contributed by atoms with Crippen LogP contribution in [-0.4, -0.2) is 29.5 Å². The summed E-state index contributed by atoms with van der Waals surface area (Å²) in [5.74, 6) is -0.457. The van der Waals surface area contributed by atoms with Crippen LogP contribution in [0.15, 0.2) is 18.3 Å². The first kappa shape index (κ1) is 15.8. The smallest absolute Gasteiger partial charge is 0.357 e. The number of hydrogen-bond acceptors (Lipinski definition) is 4. The molecule has 1 aliphatic carbocycles. The van der Waals surface area contributed by atoms with Gasteiger partial charge in [0.2, 0.25) is 0 Å². The predicted octanol–water partition coefficient (Wildman–Crippen LogP) is 2.59. The van der Waals surface area contributed by atoms with E-state index in [4.69, 9.17) is 16.3 Å². The van der Waals surface area contributed by atoms with Crippen LogP contribution in [0.25, 0.3) is 0 Å². The highest BCUT2D eigenvalue weighted by molar-refractivity contribution is 6.30. The Labute approximate surface area is 129 Å². The topological polar surface area (TPSA) is 68.3 Å². The van der Waals surface area contributed by atoms with Crippen molar-refractivity contribution >= 4 is 23.5 Å². The molecule has 5 nitrogen and oxygen atoms in total. The van der Waals surface area contributed by atoms with E-state index >= 15 is 0 Å². The van der Waals surface area contributed by atoms with Crippen molar-refractivity contribution in [2.75, 3.05) is 6.61 Å². The fraction of sp³-hybridized carbons (Fsp3) is 0.533. The summed E-state index contributed by atoms with van der Waals surface area (Å²) in [6.45, 7) is 1.84. The molecule has 0 radical (unpaired) electrons. The molecule has 2 atom stereocenters. The number of carbonyl (C=O) groups excluding carboxylic acids is 2. The summed E-state index contributed by atoms with van der Waals surface area (Å²) < 4.78 is 4.95. The zero-order valence-electron chi connectivity index (χ0n) is 12.0. The zero-order valence-corrected chi connectivity index (χ0v) is 12.7. The van der Waals surface area contributed by atoms with Crippen molar-refractivity contribution in [3.63, 3.8) is 0 Å². The van der Waals surface area contributed by atoms with E-state index in [0.717, 1.165) is 19.3 Å². The number of aromatic nitrogens is 1. The van der Waals surface area contributed by atoms with Crippen molar-refractivity contribution in [2.45, 2.75) is 38.6 Å². The Morgan fingerprint density at radius 3 is 2.90 bits per heavy atom. The molecule has 21 heavy (non-hydrogen) atoms. The van der Waals surface area contributed by atoms with Gasteiger partial charge in [0.25, 0.3) is 5.91 Å². The van der Waals surface area contributed by atoms with Crippen molar-refractivity contribution in [2.24, 2.45) is 5.92 Å². The molecule has 1 aromatic rings. The van der Waals surface area contributed by atoms with E-state index in [0.29, 0.717) is 10.9 Å². The fourth-order valence-electron chi connectivity index (χ4n) is 2.50. The highest BCUT2D eigenvalue weighted by Gasteiger charge is 2.23. The average Bonchev–Trinajstić information content (AvgIpc) is 2.47. The van der Waals surface area contributed by atoms with E-state index in [9.17, 15) is 9.59 Å². The summed E-state index contributed by atoms with van der Waals surface area (Å²) in [5.41, 5.74) is 0.0985. The molecule has 0 spiro atoms. The Balaban J connectivity index is 1.79. The van der Waals surface area contributed by atoms with Crippen molar-refractivity contribution in [3.05, 3.63) is 29.0 Å². The Bertz CT molecular complexity index is 521. The van der Waals surface area contributed by atoms with Crippen LogP contribution < -0.4 is 5.32 Å². The summed E-state index contributed by atoms with van der Waals surface area (Å²) >= 11 is 5.77. The number of pyridine rings is 1. The molecule has 1 fully saturated rings. The van der Waals surface area contributed by atoms with E-state index in [1.54, 1.807) is 6.07 Å². The van der Waals surface area contributed by atoms with Crippen LogP contribution in [0.2, 0.25) is 5.02 Å². The molecule has 1 aromatic heterocycles. The molecular weight excluding hydrogens is 292 g/mol. The molecule has 0 aliphatic heterocycles. The monoisotopic (exact) mass is 310 g/mol. The first-order valence-electron chi connectivity index (χ1n) is 7.14. The first-order valence-corrected chi connectivity index (χ1v) is 7.52. The lowest BCUT2D eigenvalue weighted by atomic mass is 9.86. The maximum absolute atomic E-state index is 11.8. The number of carbonyl (C=O) groups is 2. The molecule has 0 bridgehead atoms. The average molecular weight is 311 g/mol. The molecule has 0 saturated heterocycles. The van der Waals surface area contributed by atoms with Crippen LogP contribution in [0.5, 0.6) is 0 Å². The Morgan fingerprint density at radius 2 is 2.19 bits per heavy atom. The molecule has 1 aliphatic rings. The lowest BCUT2D eigenvalue weighted by molar-refractivity contribution is -0.125. The number of halogens is 1. The van der Waals surface area contributed by atoms with Gasteiger partial charge in [-0.2, -0.15) is 0 Å². The minimum atomic E-state index is -0.649. The van der Waals surface area contributed by atoms with Crippen LogP contribution in [0, 0.1) is 5.92 Å². The van der Waals surface area contributed by atoms with E-state index in [-0.39, 0.29) is 24.2 Å². The van der Waals surface area contributed by atoms with Crippen molar-refractivity contribution in [3.8, 4) is 0 Å². The highest BCUT2D eigenvalue weighted by atomic mass is 35.5. The normalized spacial score (nSPS) is 21.6. The van der Waals surface area contributed by atoms with Crippen LogP contribution in [0.1, 0.15) is 43.1 Å². The van der Waals surface area contributed by atoms with Crippen LogP contribution >= 0.6 is 11.6 Å². The Hall–Kier alpha value is -1.62. The molecular formula is C15H19ClN2O3. The van der Waals surface area contributed by atoms with E-state index in [1.165, 1.54) is 18.7 Å². The number of rotatable bonds is 4. The lowest BCUT2D eigenvalue weighted by Gasteiger charge is -2.29. The van der Waals surface area contributed by atoms with Crippen LogP contribution in [-0.2, 0) is 9.53 Å². The second-order valence-electron chi connectivity index (χ2n) is 5.37. The molecule has 0 aromatic carbocycles. The molecule has 1 amide bonds. The summed E-state index contributed by atoms with van der Waals surface area (Å²) in [6.07, 6.45) is 5.86. The second kappa shape index (κ2) is 7.41. The zero-order chi connectivity index (χ0) is 15.2. The van der Waals surface area contributed by atoms with E-state index in [2.05, 4.69) is 17.2 Å². The maximum Gasteiger partial charge on any atom is 0.357 e. The second-order valence-corrected chi connectivity index (χ2v) is 5.81. The van der Waals surface area contributed by atoms with E-state index < -0.39 is 5.97 Å². The Kier molecular flexibility index (Phi) is 5.56. The highest BCUT2D eigenvalue weighted by Crippen LogP contribution is 2.23. The number of amides is 1. The van der Waals surface area contributed by atoms with Gasteiger partial charge in [-0.25, -0.2) is 9.78 Å². The molecule has 0 unspecified atom stereocenters. The van der Waals surface area contributed by atoms with Crippen molar-refractivity contribution in [1.82, 2.24) is 10.3 Å². The fourth-order valence-corrected chi connectivity index (χ4v) is 2.66. The molecule has 1 heterocycles. The van der Waals surface area contributed by atoms with Crippen LogP contribution in [0.4, 0.5) is 0 Å². The molecule has 2 rings (SSSR count). The molecule has 6 heteroatoms. The molecule has 114 valence electrons. The third-order valence-corrected chi connectivity index (χ3v) is 3.96. The quantitative estimate of drug-likeness (QED) is 0.868. The maximum atomic E-state index is 11.8. The summed E-state index contributed by atoms with van der Waals surface area (Å²) in [6, 6.07) is 3.15. The SMILES string of the molecule is C[C@H]1CCCC[C@@H]1NC(=O)COC(=O)c1cc(Cl)ccn1. The van der Waals surface area contributed by atoms with Gasteiger partial charge >= 0.3 is 5.97 Å². The molecule has 1 N–H and O–H groups in total.